The van der Waals surface area contributed by atoms with Gasteiger partial charge >= 0.3 is 0 Å². The van der Waals surface area contributed by atoms with Crippen molar-refractivity contribution in [3.63, 3.8) is 0 Å². The smallest absolute Gasteiger partial charge is 0.164 e. The molecule has 2 aromatic rings. The summed E-state index contributed by atoms with van der Waals surface area (Å²) in [5.41, 5.74) is 1.89. The zero-order chi connectivity index (χ0) is 19.9. The Labute approximate surface area is 178 Å². The summed E-state index contributed by atoms with van der Waals surface area (Å²) < 4.78 is 29.5. The maximum absolute atomic E-state index is 12.1. The summed E-state index contributed by atoms with van der Waals surface area (Å²) in [6.07, 6.45) is 0. The highest BCUT2D eigenvalue weighted by atomic mass is 35.5. The minimum Gasteiger partial charge on any atom is -0.497 e. The minimum absolute atomic E-state index is 0.0784. The molecule has 1 saturated heterocycles. The second-order valence-electron chi connectivity index (χ2n) is 6.76. The average Bonchev–Trinajstić information content (AvgIpc) is 3.10. The lowest BCUT2D eigenvalue weighted by Gasteiger charge is -2.27. The van der Waals surface area contributed by atoms with Gasteiger partial charge in [0, 0.05) is 21.5 Å². The Morgan fingerprint density at radius 2 is 1.82 bits per heavy atom. The first kappa shape index (κ1) is 19.9. The number of aliphatic imine (C=N–C) groups is 1. The first-order chi connectivity index (χ1) is 13.3. The third-order valence-corrected chi connectivity index (χ3v) is 7.93. The van der Waals surface area contributed by atoms with E-state index in [0.29, 0.717) is 15.8 Å². The number of sulfone groups is 1. The molecule has 2 atom stereocenters. The summed E-state index contributed by atoms with van der Waals surface area (Å²) in [5, 5.41) is 1.80. The third-order valence-electron chi connectivity index (χ3n) is 4.76. The van der Waals surface area contributed by atoms with Crippen LogP contribution in [-0.4, -0.2) is 44.3 Å². The lowest BCUT2D eigenvalue weighted by molar-refractivity contribution is 0.414. The molecule has 9 heteroatoms. The topological polar surface area (TPSA) is 59.0 Å². The summed E-state index contributed by atoms with van der Waals surface area (Å²) in [4.78, 5) is 6.70. The van der Waals surface area contributed by atoms with E-state index < -0.39 is 9.84 Å². The van der Waals surface area contributed by atoms with Crippen molar-refractivity contribution in [1.82, 2.24) is 0 Å². The van der Waals surface area contributed by atoms with Crippen LogP contribution in [0.4, 0.5) is 5.69 Å². The summed E-state index contributed by atoms with van der Waals surface area (Å²) in [6.45, 7) is 0. The molecule has 0 radical (unpaired) electrons. The molecule has 2 aliphatic rings. The lowest BCUT2D eigenvalue weighted by atomic mass is 10.1. The van der Waals surface area contributed by atoms with E-state index in [1.807, 2.05) is 29.2 Å². The molecule has 2 aliphatic heterocycles. The number of nitrogens with zero attached hydrogens (tertiary/aromatic N) is 2. The molecule has 2 aromatic carbocycles. The number of ether oxygens (including phenoxy) is 1. The second-order valence-corrected chi connectivity index (χ2v) is 10.7. The number of fused-ring (bicyclic) bond motifs is 1. The molecule has 4 rings (SSSR count). The van der Waals surface area contributed by atoms with Gasteiger partial charge in [-0.2, -0.15) is 0 Å². The molecule has 0 saturated carbocycles. The predicted molar refractivity (Wildman–Crippen MR) is 117 cm³/mol. The molecule has 5 nitrogen and oxygen atoms in total. The highest BCUT2D eigenvalue weighted by molar-refractivity contribution is 8.13. The van der Waals surface area contributed by atoms with E-state index in [4.69, 9.17) is 32.9 Å². The Kier molecular flexibility index (Phi) is 5.53. The number of thioether (sulfide) groups is 1. The van der Waals surface area contributed by atoms with Crippen molar-refractivity contribution in [2.45, 2.75) is 17.8 Å². The van der Waals surface area contributed by atoms with E-state index in [1.165, 1.54) is 0 Å². The fourth-order valence-electron chi connectivity index (χ4n) is 3.48. The van der Waals surface area contributed by atoms with Crippen molar-refractivity contribution in [3.8, 4) is 5.75 Å². The van der Waals surface area contributed by atoms with Crippen molar-refractivity contribution in [2.75, 3.05) is 23.5 Å². The maximum Gasteiger partial charge on any atom is 0.164 e. The Morgan fingerprint density at radius 1 is 1.14 bits per heavy atom. The van der Waals surface area contributed by atoms with Gasteiger partial charge in [-0.15, -0.1) is 0 Å². The van der Waals surface area contributed by atoms with Gasteiger partial charge in [-0.05, 0) is 35.9 Å². The first-order valence-electron chi connectivity index (χ1n) is 8.64. The van der Waals surface area contributed by atoms with Gasteiger partial charge in [0.05, 0.1) is 30.7 Å². The predicted octanol–water partition coefficient (Wildman–Crippen LogP) is 4.28. The molecule has 0 N–H and O–H groups in total. The maximum atomic E-state index is 12.1. The summed E-state index contributed by atoms with van der Waals surface area (Å²) in [7, 11) is -1.47. The number of hydrogen-bond acceptors (Lipinski definition) is 6. The number of halogens is 2. The fourth-order valence-corrected chi connectivity index (χ4v) is 6.92. The van der Waals surface area contributed by atoms with Crippen LogP contribution < -0.4 is 9.64 Å². The molecular weight excluding hydrogens is 439 g/mol. The van der Waals surface area contributed by atoms with Crippen LogP contribution in [0, 0.1) is 0 Å². The van der Waals surface area contributed by atoms with Gasteiger partial charge in [-0.3, -0.25) is 4.99 Å². The molecule has 0 amide bonds. The molecule has 2 heterocycles. The van der Waals surface area contributed by atoms with Crippen LogP contribution in [0.15, 0.2) is 47.5 Å². The Morgan fingerprint density at radius 3 is 2.46 bits per heavy atom. The molecule has 0 unspecified atom stereocenters. The number of amidine groups is 1. The van der Waals surface area contributed by atoms with E-state index in [2.05, 4.69) is 0 Å². The molecule has 1 fully saturated rings. The largest absolute Gasteiger partial charge is 0.497 e. The molecule has 0 aliphatic carbocycles. The molecule has 0 aromatic heterocycles. The van der Waals surface area contributed by atoms with Crippen LogP contribution in [0.1, 0.15) is 5.56 Å². The van der Waals surface area contributed by atoms with Gasteiger partial charge in [0.2, 0.25) is 0 Å². The average molecular weight is 457 g/mol. The van der Waals surface area contributed by atoms with Crippen molar-refractivity contribution >= 4 is 55.7 Å². The normalized spacial score (nSPS) is 22.8. The lowest BCUT2D eigenvalue weighted by Crippen LogP contribution is -2.39. The number of methoxy groups -OCH3 is 1. The summed E-state index contributed by atoms with van der Waals surface area (Å²) in [5.74, 6) is 1.68. The summed E-state index contributed by atoms with van der Waals surface area (Å²) in [6, 6.07) is 12.6. The molecule has 0 spiro atoms. The zero-order valence-corrected chi connectivity index (χ0v) is 18.2. The van der Waals surface area contributed by atoms with E-state index in [1.54, 1.807) is 37.1 Å². The van der Waals surface area contributed by atoms with E-state index in [9.17, 15) is 8.42 Å². The van der Waals surface area contributed by atoms with Crippen molar-refractivity contribution in [2.24, 2.45) is 4.99 Å². The van der Waals surface area contributed by atoms with Gasteiger partial charge in [0.15, 0.2) is 15.0 Å². The second kappa shape index (κ2) is 7.78. The van der Waals surface area contributed by atoms with Crippen molar-refractivity contribution in [3.05, 3.63) is 58.1 Å². The molecule has 0 bridgehead atoms. The minimum atomic E-state index is -3.10. The quantitative estimate of drug-likeness (QED) is 0.686. The van der Waals surface area contributed by atoms with Gasteiger partial charge < -0.3 is 9.64 Å². The van der Waals surface area contributed by atoms with Gasteiger partial charge in [-0.1, -0.05) is 47.1 Å². The molecule has 28 heavy (non-hydrogen) atoms. The van der Waals surface area contributed by atoms with E-state index in [0.717, 1.165) is 22.2 Å². The van der Waals surface area contributed by atoms with Crippen LogP contribution in [0.3, 0.4) is 0 Å². The van der Waals surface area contributed by atoms with Gasteiger partial charge in [-0.25, -0.2) is 8.42 Å². The number of anilines is 1. The Balaban J connectivity index is 1.61. The zero-order valence-electron chi connectivity index (χ0n) is 15.0. The SMILES string of the molecule is COc1ccc(CSC2=N[C@@H]3CS(=O)(=O)C[C@H]3N2c2cc(Cl)cc(Cl)c2)cc1. The highest BCUT2D eigenvalue weighted by Gasteiger charge is 2.47. The Bertz CT molecular complexity index is 1010. The monoisotopic (exact) mass is 456 g/mol. The van der Waals surface area contributed by atoms with Crippen LogP contribution in [-0.2, 0) is 15.6 Å². The number of rotatable bonds is 4. The fraction of sp³-hybridized carbons (Fsp3) is 0.316. The number of benzene rings is 2. The van der Waals surface area contributed by atoms with Crippen LogP contribution in [0.25, 0.3) is 0 Å². The van der Waals surface area contributed by atoms with Crippen molar-refractivity contribution in [1.29, 1.82) is 0 Å². The highest BCUT2D eigenvalue weighted by Crippen LogP contribution is 2.38. The first-order valence-corrected chi connectivity index (χ1v) is 12.2. The van der Waals surface area contributed by atoms with E-state index >= 15 is 0 Å². The number of hydrogen-bond donors (Lipinski definition) is 0. The Hall–Kier alpha value is -1.41. The summed E-state index contributed by atoms with van der Waals surface area (Å²) >= 11 is 14.0. The molecule has 148 valence electrons. The standard InChI is InChI=1S/C19H18Cl2N2O3S2/c1-26-16-4-2-12(3-5-16)9-27-19-22-17-10-28(24,25)11-18(17)23(19)15-7-13(20)6-14(21)8-15/h2-8,17-18H,9-11H2,1H3/t17-,18-/m1/s1. The van der Waals surface area contributed by atoms with Gasteiger partial charge in [0.25, 0.3) is 0 Å². The van der Waals surface area contributed by atoms with Crippen LogP contribution in [0.2, 0.25) is 10.0 Å². The van der Waals surface area contributed by atoms with Crippen LogP contribution in [0.5, 0.6) is 5.75 Å². The van der Waals surface area contributed by atoms with Crippen molar-refractivity contribution < 1.29 is 13.2 Å². The molecular formula is C19H18Cl2N2O3S2. The van der Waals surface area contributed by atoms with E-state index in [-0.39, 0.29) is 23.6 Å². The van der Waals surface area contributed by atoms with Gasteiger partial charge in [0.1, 0.15) is 5.75 Å². The third kappa shape index (κ3) is 4.13. The van der Waals surface area contributed by atoms with Crippen LogP contribution >= 0.6 is 35.0 Å².